The smallest absolute Gasteiger partial charge is 0.164 e. The van der Waals surface area contributed by atoms with Crippen molar-refractivity contribution in [2.24, 2.45) is 0 Å². The van der Waals surface area contributed by atoms with Gasteiger partial charge >= 0.3 is 0 Å². The molecule has 0 spiro atoms. The third-order valence-corrected chi connectivity index (χ3v) is 3.60. The van der Waals surface area contributed by atoms with Crippen LogP contribution in [-0.4, -0.2) is 10.4 Å². The van der Waals surface area contributed by atoms with Gasteiger partial charge in [-0.2, -0.15) is 0 Å². The fraction of sp³-hybridized carbons (Fsp3) is 0.643. The fourth-order valence-electron chi connectivity index (χ4n) is 2.91. The van der Waals surface area contributed by atoms with Crippen molar-refractivity contribution in [3.05, 3.63) is 23.0 Å². The summed E-state index contributed by atoms with van der Waals surface area (Å²) in [5, 5.41) is 0. The second kappa shape index (κ2) is 4.44. The number of hydrogen-bond donors (Lipinski definition) is 0. The van der Waals surface area contributed by atoms with Crippen LogP contribution in [0.4, 0.5) is 0 Å². The minimum absolute atomic E-state index is 0.340. The number of rotatable bonds is 3. The van der Waals surface area contributed by atoms with Crippen LogP contribution in [0.3, 0.4) is 0 Å². The highest BCUT2D eigenvalue weighted by molar-refractivity contribution is 5.98. The summed E-state index contributed by atoms with van der Waals surface area (Å²) < 4.78 is 2.38. The Morgan fingerprint density at radius 3 is 2.88 bits per heavy atom. The standard InChI is InChI=1S/C14H21NO/c1-4-6-10(2)15-11(3)9-12-13(15)7-5-8-14(12)16/h9-10H,4-8H2,1-3H3. The maximum atomic E-state index is 11.8. The summed E-state index contributed by atoms with van der Waals surface area (Å²) in [5.74, 6) is 0.340. The quantitative estimate of drug-likeness (QED) is 0.760. The van der Waals surface area contributed by atoms with Crippen LogP contribution < -0.4 is 0 Å². The number of carbonyl (C=O) groups is 1. The first-order chi connectivity index (χ1) is 7.65. The number of carbonyl (C=O) groups excluding carboxylic acids is 1. The van der Waals surface area contributed by atoms with Crippen molar-refractivity contribution < 1.29 is 4.79 Å². The zero-order chi connectivity index (χ0) is 11.7. The van der Waals surface area contributed by atoms with Gasteiger partial charge in [0.25, 0.3) is 0 Å². The Kier molecular flexibility index (Phi) is 3.17. The molecule has 0 bridgehead atoms. The molecule has 2 heteroatoms. The first kappa shape index (κ1) is 11.4. The molecule has 2 rings (SSSR count). The normalized spacial score (nSPS) is 17.3. The maximum Gasteiger partial charge on any atom is 0.164 e. The van der Waals surface area contributed by atoms with Crippen LogP contribution in [0.5, 0.6) is 0 Å². The predicted molar refractivity (Wildman–Crippen MR) is 66.1 cm³/mol. The molecular weight excluding hydrogens is 198 g/mol. The van der Waals surface area contributed by atoms with Crippen molar-refractivity contribution in [1.29, 1.82) is 0 Å². The zero-order valence-corrected chi connectivity index (χ0v) is 10.5. The lowest BCUT2D eigenvalue weighted by atomic mass is 9.96. The Hall–Kier alpha value is -1.05. The highest BCUT2D eigenvalue weighted by Gasteiger charge is 2.24. The summed E-state index contributed by atoms with van der Waals surface area (Å²) in [4.78, 5) is 11.8. The van der Waals surface area contributed by atoms with E-state index in [1.54, 1.807) is 0 Å². The van der Waals surface area contributed by atoms with E-state index in [2.05, 4.69) is 31.4 Å². The van der Waals surface area contributed by atoms with Crippen LogP contribution >= 0.6 is 0 Å². The molecule has 1 aliphatic rings. The Balaban J connectivity index is 2.41. The van der Waals surface area contributed by atoms with E-state index in [1.165, 1.54) is 24.2 Å². The first-order valence-corrected chi connectivity index (χ1v) is 6.39. The lowest BCUT2D eigenvalue weighted by Crippen LogP contribution is -2.16. The zero-order valence-electron chi connectivity index (χ0n) is 10.5. The van der Waals surface area contributed by atoms with Gasteiger partial charge in [-0.1, -0.05) is 13.3 Å². The molecule has 88 valence electrons. The van der Waals surface area contributed by atoms with Gasteiger partial charge in [-0.15, -0.1) is 0 Å². The summed E-state index contributed by atoms with van der Waals surface area (Å²) in [5.41, 5.74) is 3.53. The molecule has 0 saturated carbocycles. The third kappa shape index (κ3) is 1.81. The van der Waals surface area contributed by atoms with Gasteiger partial charge in [-0.25, -0.2) is 0 Å². The van der Waals surface area contributed by atoms with E-state index in [4.69, 9.17) is 0 Å². The van der Waals surface area contributed by atoms with E-state index in [0.29, 0.717) is 11.8 Å². The first-order valence-electron chi connectivity index (χ1n) is 6.39. The molecule has 1 heterocycles. The summed E-state index contributed by atoms with van der Waals surface area (Å²) in [7, 11) is 0. The number of aryl methyl sites for hydroxylation is 1. The Bertz CT molecular complexity index is 403. The molecule has 1 atom stereocenters. The number of fused-ring (bicyclic) bond motifs is 1. The average Bonchev–Trinajstić information content (AvgIpc) is 2.56. The maximum absolute atomic E-state index is 11.8. The molecule has 1 aliphatic carbocycles. The molecule has 0 aliphatic heterocycles. The molecule has 0 N–H and O–H groups in total. The Morgan fingerprint density at radius 2 is 2.19 bits per heavy atom. The van der Waals surface area contributed by atoms with E-state index in [0.717, 1.165) is 24.8 Å². The summed E-state index contributed by atoms with van der Waals surface area (Å²) in [6.45, 7) is 6.60. The second-order valence-corrected chi connectivity index (χ2v) is 4.93. The van der Waals surface area contributed by atoms with Crippen molar-refractivity contribution in [1.82, 2.24) is 4.57 Å². The minimum Gasteiger partial charge on any atom is -0.345 e. The monoisotopic (exact) mass is 219 g/mol. The van der Waals surface area contributed by atoms with Crippen LogP contribution in [0.1, 0.15) is 67.3 Å². The van der Waals surface area contributed by atoms with Gasteiger partial charge in [-0.3, -0.25) is 4.79 Å². The number of aromatic nitrogens is 1. The number of nitrogens with zero attached hydrogens (tertiary/aromatic N) is 1. The van der Waals surface area contributed by atoms with Crippen molar-refractivity contribution in [3.8, 4) is 0 Å². The van der Waals surface area contributed by atoms with Gasteiger partial charge < -0.3 is 4.57 Å². The second-order valence-electron chi connectivity index (χ2n) is 4.93. The van der Waals surface area contributed by atoms with Crippen molar-refractivity contribution in [3.63, 3.8) is 0 Å². The van der Waals surface area contributed by atoms with Crippen LogP contribution in [0, 0.1) is 6.92 Å². The van der Waals surface area contributed by atoms with E-state index in [1.807, 2.05) is 0 Å². The highest BCUT2D eigenvalue weighted by atomic mass is 16.1. The molecule has 0 fully saturated rings. The van der Waals surface area contributed by atoms with E-state index >= 15 is 0 Å². The van der Waals surface area contributed by atoms with Gasteiger partial charge in [0.15, 0.2) is 5.78 Å². The molecule has 2 nitrogen and oxygen atoms in total. The Morgan fingerprint density at radius 1 is 1.44 bits per heavy atom. The molecule has 16 heavy (non-hydrogen) atoms. The third-order valence-electron chi connectivity index (χ3n) is 3.60. The van der Waals surface area contributed by atoms with Crippen molar-refractivity contribution in [2.75, 3.05) is 0 Å². The highest BCUT2D eigenvalue weighted by Crippen LogP contribution is 2.29. The van der Waals surface area contributed by atoms with Gasteiger partial charge in [-0.05, 0) is 39.2 Å². The molecule has 1 unspecified atom stereocenters. The van der Waals surface area contributed by atoms with Crippen molar-refractivity contribution >= 4 is 5.78 Å². The van der Waals surface area contributed by atoms with Gasteiger partial charge in [0.1, 0.15) is 0 Å². The largest absolute Gasteiger partial charge is 0.345 e. The van der Waals surface area contributed by atoms with Crippen LogP contribution in [0.25, 0.3) is 0 Å². The SMILES string of the molecule is CCCC(C)n1c(C)cc2c1CCCC2=O. The van der Waals surface area contributed by atoms with Crippen LogP contribution in [0.2, 0.25) is 0 Å². The molecule has 0 saturated heterocycles. The molecule has 1 aromatic rings. The number of hydrogen-bond acceptors (Lipinski definition) is 1. The predicted octanol–water partition coefficient (Wildman–Crippen LogP) is 3.68. The van der Waals surface area contributed by atoms with Crippen molar-refractivity contribution in [2.45, 2.75) is 58.9 Å². The minimum atomic E-state index is 0.340. The lowest BCUT2D eigenvalue weighted by molar-refractivity contribution is 0.0971. The van der Waals surface area contributed by atoms with E-state index in [-0.39, 0.29) is 0 Å². The van der Waals surface area contributed by atoms with Gasteiger partial charge in [0.05, 0.1) is 0 Å². The molecule has 0 amide bonds. The summed E-state index contributed by atoms with van der Waals surface area (Å²) in [6.07, 6.45) is 5.22. The number of ketones is 1. The van der Waals surface area contributed by atoms with Gasteiger partial charge in [0, 0.05) is 29.4 Å². The fourth-order valence-corrected chi connectivity index (χ4v) is 2.91. The van der Waals surface area contributed by atoms with Gasteiger partial charge in [0.2, 0.25) is 0 Å². The number of Topliss-reactive ketones (excluding diaryl/α,β-unsaturated/α-hetero) is 1. The van der Waals surface area contributed by atoms with E-state index < -0.39 is 0 Å². The van der Waals surface area contributed by atoms with Crippen LogP contribution in [0.15, 0.2) is 6.07 Å². The summed E-state index contributed by atoms with van der Waals surface area (Å²) in [6, 6.07) is 2.61. The molecule has 0 radical (unpaired) electrons. The molecule has 0 aromatic carbocycles. The average molecular weight is 219 g/mol. The lowest BCUT2D eigenvalue weighted by Gasteiger charge is -2.21. The van der Waals surface area contributed by atoms with E-state index in [9.17, 15) is 4.79 Å². The molecular formula is C14H21NO. The topological polar surface area (TPSA) is 22.0 Å². The summed E-state index contributed by atoms with van der Waals surface area (Å²) >= 11 is 0. The molecule has 1 aromatic heterocycles. The Labute approximate surface area is 97.7 Å². The van der Waals surface area contributed by atoms with Crippen LogP contribution in [-0.2, 0) is 6.42 Å².